The van der Waals surface area contributed by atoms with Crippen molar-refractivity contribution < 1.29 is 18.5 Å². The van der Waals surface area contributed by atoms with Crippen LogP contribution in [0.25, 0.3) is 11.5 Å². The topological polar surface area (TPSA) is 111 Å². The van der Waals surface area contributed by atoms with Gasteiger partial charge in [-0.2, -0.15) is 4.39 Å². The zero-order valence-electron chi connectivity index (χ0n) is 14.9. The SMILES string of the molecule is Cc1ccc(-c2nnc(SCC(=O)Nc3ccc(F)c([N+](=O)[O-])c3)o2)cc1C. The van der Waals surface area contributed by atoms with E-state index in [0.717, 1.165) is 40.6 Å². The summed E-state index contributed by atoms with van der Waals surface area (Å²) in [4.78, 5) is 21.9. The summed E-state index contributed by atoms with van der Waals surface area (Å²) >= 11 is 1.02. The standard InChI is InChI=1S/C18H15FN4O4S/c1-10-3-4-12(7-11(10)2)17-21-22-18(27-17)28-9-16(24)20-13-5-6-14(19)15(8-13)23(25)26/h3-8H,9H2,1-2H3,(H,20,24). The summed E-state index contributed by atoms with van der Waals surface area (Å²) in [6.45, 7) is 3.98. The van der Waals surface area contributed by atoms with Crippen LogP contribution in [0, 0.1) is 29.8 Å². The minimum absolute atomic E-state index is 0.0558. The van der Waals surface area contributed by atoms with Crippen LogP contribution in [0.3, 0.4) is 0 Å². The number of carbonyl (C=O) groups excluding carboxylic acids is 1. The van der Waals surface area contributed by atoms with E-state index in [1.807, 2.05) is 32.0 Å². The average Bonchev–Trinajstić information content (AvgIpc) is 3.13. The van der Waals surface area contributed by atoms with Crippen molar-refractivity contribution in [2.24, 2.45) is 0 Å². The Bertz CT molecular complexity index is 1050. The Balaban J connectivity index is 1.61. The second kappa shape index (κ2) is 8.17. The van der Waals surface area contributed by atoms with Crippen LogP contribution in [-0.2, 0) is 4.79 Å². The molecule has 0 saturated heterocycles. The molecule has 0 bridgehead atoms. The van der Waals surface area contributed by atoms with Gasteiger partial charge in [0.15, 0.2) is 0 Å². The van der Waals surface area contributed by atoms with E-state index < -0.39 is 22.3 Å². The van der Waals surface area contributed by atoms with E-state index in [9.17, 15) is 19.3 Å². The van der Waals surface area contributed by atoms with Gasteiger partial charge in [0.2, 0.25) is 17.6 Å². The second-order valence-corrected chi connectivity index (χ2v) is 6.86. The number of aromatic nitrogens is 2. The molecule has 1 N–H and O–H groups in total. The fourth-order valence-corrected chi connectivity index (χ4v) is 2.88. The molecule has 0 saturated carbocycles. The third kappa shape index (κ3) is 4.52. The van der Waals surface area contributed by atoms with Crippen LogP contribution in [0.4, 0.5) is 15.8 Å². The monoisotopic (exact) mass is 402 g/mol. The van der Waals surface area contributed by atoms with Gasteiger partial charge in [0.25, 0.3) is 5.22 Å². The van der Waals surface area contributed by atoms with Gasteiger partial charge in [-0.15, -0.1) is 10.2 Å². The van der Waals surface area contributed by atoms with Gasteiger partial charge in [-0.25, -0.2) is 0 Å². The third-order valence-corrected chi connectivity index (χ3v) is 4.73. The molecule has 0 aliphatic carbocycles. The molecule has 8 nitrogen and oxygen atoms in total. The molecule has 144 valence electrons. The van der Waals surface area contributed by atoms with Crippen molar-refractivity contribution >= 4 is 29.0 Å². The van der Waals surface area contributed by atoms with Gasteiger partial charge < -0.3 is 9.73 Å². The number of benzene rings is 2. The number of hydrogen-bond donors (Lipinski definition) is 1. The summed E-state index contributed by atoms with van der Waals surface area (Å²) in [5, 5.41) is 21.3. The number of nitrogens with zero attached hydrogens (tertiary/aromatic N) is 3. The molecule has 1 heterocycles. The highest BCUT2D eigenvalue weighted by Gasteiger charge is 2.16. The van der Waals surface area contributed by atoms with E-state index in [-0.39, 0.29) is 16.7 Å². The highest BCUT2D eigenvalue weighted by Crippen LogP contribution is 2.25. The molecule has 1 aromatic heterocycles. The van der Waals surface area contributed by atoms with Gasteiger partial charge in [0.1, 0.15) is 0 Å². The molecule has 0 aliphatic heterocycles. The van der Waals surface area contributed by atoms with Crippen molar-refractivity contribution in [1.29, 1.82) is 0 Å². The van der Waals surface area contributed by atoms with Gasteiger partial charge in [-0.1, -0.05) is 17.8 Å². The molecular weight excluding hydrogens is 387 g/mol. The van der Waals surface area contributed by atoms with E-state index in [4.69, 9.17) is 4.42 Å². The quantitative estimate of drug-likeness (QED) is 0.375. The van der Waals surface area contributed by atoms with Gasteiger partial charge in [-0.3, -0.25) is 14.9 Å². The number of anilines is 1. The summed E-state index contributed by atoms with van der Waals surface area (Å²) in [5.74, 6) is -1.13. The summed E-state index contributed by atoms with van der Waals surface area (Å²) in [7, 11) is 0. The van der Waals surface area contributed by atoms with Crippen LogP contribution >= 0.6 is 11.8 Å². The second-order valence-electron chi connectivity index (χ2n) is 5.93. The molecule has 0 aliphatic rings. The Morgan fingerprint density at radius 2 is 2.00 bits per heavy atom. The van der Waals surface area contributed by atoms with E-state index in [1.165, 1.54) is 6.07 Å². The van der Waals surface area contributed by atoms with Crippen LogP contribution in [0.2, 0.25) is 0 Å². The predicted octanol–water partition coefficient (Wildman–Crippen LogP) is 4.13. The Hall–Kier alpha value is -3.27. The maximum atomic E-state index is 13.3. The van der Waals surface area contributed by atoms with Gasteiger partial charge >= 0.3 is 5.69 Å². The van der Waals surface area contributed by atoms with Crippen molar-refractivity contribution in [3.05, 3.63) is 63.5 Å². The number of thioether (sulfide) groups is 1. The molecule has 0 atom stereocenters. The molecule has 0 fully saturated rings. The van der Waals surface area contributed by atoms with Crippen molar-refractivity contribution in [2.45, 2.75) is 19.1 Å². The minimum atomic E-state index is -0.970. The first-order valence-corrected chi connectivity index (χ1v) is 9.10. The van der Waals surface area contributed by atoms with Gasteiger partial charge in [-0.05, 0) is 49.2 Å². The Labute approximate surface area is 163 Å². The first-order chi connectivity index (χ1) is 13.3. The molecule has 0 radical (unpaired) electrons. The predicted molar refractivity (Wildman–Crippen MR) is 102 cm³/mol. The highest BCUT2D eigenvalue weighted by molar-refractivity contribution is 7.99. The molecule has 28 heavy (non-hydrogen) atoms. The third-order valence-electron chi connectivity index (χ3n) is 3.91. The van der Waals surface area contributed by atoms with Gasteiger partial charge in [0.05, 0.1) is 10.7 Å². The lowest BCUT2D eigenvalue weighted by Gasteiger charge is -2.04. The minimum Gasteiger partial charge on any atom is -0.411 e. The number of aryl methyl sites for hydroxylation is 2. The number of hydrogen-bond acceptors (Lipinski definition) is 7. The van der Waals surface area contributed by atoms with Crippen LogP contribution in [0.1, 0.15) is 11.1 Å². The van der Waals surface area contributed by atoms with Crippen molar-refractivity contribution in [3.63, 3.8) is 0 Å². The van der Waals surface area contributed by atoms with Gasteiger partial charge in [0, 0.05) is 17.3 Å². The smallest absolute Gasteiger partial charge is 0.306 e. The largest absolute Gasteiger partial charge is 0.411 e. The lowest BCUT2D eigenvalue weighted by molar-refractivity contribution is -0.387. The average molecular weight is 402 g/mol. The van der Waals surface area contributed by atoms with Crippen molar-refractivity contribution in [2.75, 3.05) is 11.1 Å². The van der Waals surface area contributed by atoms with E-state index in [0.29, 0.717) is 5.89 Å². The van der Waals surface area contributed by atoms with Crippen molar-refractivity contribution in [1.82, 2.24) is 10.2 Å². The number of amides is 1. The zero-order valence-corrected chi connectivity index (χ0v) is 15.7. The zero-order chi connectivity index (χ0) is 20.3. The maximum absolute atomic E-state index is 13.3. The first-order valence-electron chi connectivity index (χ1n) is 8.11. The summed E-state index contributed by atoms with van der Waals surface area (Å²) in [6.07, 6.45) is 0. The Kier molecular flexibility index (Phi) is 5.69. The van der Waals surface area contributed by atoms with E-state index in [2.05, 4.69) is 15.5 Å². The number of halogens is 1. The molecule has 3 rings (SSSR count). The number of carbonyl (C=O) groups is 1. The highest BCUT2D eigenvalue weighted by atomic mass is 32.2. The number of rotatable bonds is 6. The normalized spacial score (nSPS) is 10.7. The lowest BCUT2D eigenvalue weighted by Crippen LogP contribution is -2.14. The van der Waals surface area contributed by atoms with Crippen LogP contribution in [-0.4, -0.2) is 26.8 Å². The van der Waals surface area contributed by atoms with Crippen LogP contribution in [0.5, 0.6) is 0 Å². The fraction of sp³-hybridized carbons (Fsp3) is 0.167. The molecular formula is C18H15FN4O4S. The number of nitro groups is 1. The number of nitrogens with one attached hydrogen (secondary N) is 1. The van der Waals surface area contributed by atoms with Crippen LogP contribution < -0.4 is 5.32 Å². The summed E-state index contributed by atoms with van der Waals surface area (Å²) < 4.78 is 18.9. The molecule has 0 unspecified atom stereocenters. The Morgan fingerprint density at radius 1 is 1.21 bits per heavy atom. The van der Waals surface area contributed by atoms with E-state index >= 15 is 0 Å². The molecule has 1 amide bonds. The molecule has 2 aromatic carbocycles. The molecule has 3 aromatic rings. The maximum Gasteiger partial charge on any atom is 0.306 e. The van der Waals surface area contributed by atoms with Crippen LogP contribution in [0.15, 0.2) is 46.0 Å². The Morgan fingerprint density at radius 3 is 2.71 bits per heavy atom. The van der Waals surface area contributed by atoms with E-state index in [1.54, 1.807) is 0 Å². The van der Waals surface area contributed by atoms with Crippen molar-refractivity contribution in [3.8, 4) is 11.5 Å². The molecule has 0 spiro atoms. The summed E-state index contributed by atoms with van der Waals surface area (Å²) in [6, 6.07) is 8.90. The fourth-order valence-electron chi connectivity index (χ4n) is 2.31. The lowest BCUT2D eigenvalue weighted by atomic mass is 10.1. The molecule has 10 heteroatoms. The first kappa shape index (κ1) is 19.5. The number of nitro benzene ring substituents is 1. The summed E-state index contributed by atoms with van der Waals surface area (Å²) in [5.41, 5.74) is 2.44.